The highest BCUT2D eigenvalue weighted by atomic mass is 19.2. The van der Waals surface area contributed by atoms with Gasteiger partial charge in [0.25, 0.3) is 0 Å². The van der Waals surface area contributed by atoms with Crippen molar-refractivity contribution < 1.29 is 17.6 Å². The molecule has 14 heavy (non-hydrogen) atoms. The van der Waals surface area contributed by atoms with Crippen LogP contribution in [-0.4, -0.2) is 0 Å². The molecule has 0 heterocycles. The maximum atomic E-state index is 12.4. The van der Waals surface area contributed by atoms with Crippen LogP contribution in [0.3, 0.4) is 0 Å². The summed E-state index contributed by atoms with van der Waals surface area (Å²) >= 11 is 0. The van der Waals surface area contributed by atoms with E-state index < -0.39 is 23.3 Å². The average molecular weight is 208 g/mol. The fraction of sp³-hybridized carbons (Fsp3) is 0.400. The van der Waals surface area contributed by atoms with E-state index in [9.17, 15) is 17.6 Å². The second-order valence-electron chi connectivity index (χ2n) is 2.82. The van der Waals surface area contributed by atoms with E-state index >= 15 is 0 Å². The number of halogens is 4. The summed E-state index contributed by atoms with van der Waals surface area (Å²) in [5, 5.41) is 0. The lowest BCUT2D eigenvalue weighted by molar-refractivity contribution is 0.406. The van der Waals surface area contributed by atoms with E-state index in [0.717, 1.165) is 6.92 Å². The Morgan fingerprint density at radius 3 is 1.79 bits per heavy atom. The molecule has 0 aromatic heterocycles. The minimum absolute atomic E-state index is 0.249. The van der Waals surface area contributed by atoms with E-state index in [1.165, 1.54) is 6.42 Å². The van der Waals surface area contributed by atoms with Crippen LogP contribution in [-0.2, 0) is 0 Å². The molecule has 1 rings (SSSR count). The molecule has 1 aromatic rings. The Morgan fingerprint density at radius 2 is 1.36 bits per heavy atom. The van der Waals surface area contributed by atoms with Crippen molar-refractivity contribution in [3.63, 3.8) is 0 Å². The number of benzene rings is 1. The Labute approximate surface area is 80.6 Å². The first-order valence-electron chi connectivity index (χ1n) is 4.25. The van der Waals surface area contributed by atoms with Gasteiger partial charge in [0.15, 0.2) is 23.3 Å². The summed E-state index contributed by atoms with van der Waals surface area (Å²) in [4.78, 5) is 0. The molecule has 0 radical (unpaired) electrons. The molecule has 1 aromatic carbocycles. The standard InChI is InChI=1S/C7H4F4.C3H8/c1-3-2-4(8)6(10)7(11)5(3)9;1-3-2/h2H,1H3;3H2,1-2H3. The molecule has 0 unspecified atom stereocenters. The Hall–Kier alpha value is -1.06. The summed E-state index contributed by atoms with van der Waals surface area (Å²) in [7, 11) is 0. The van der Waals surface area contributed by atoms with E-state index in [0.29, 0.717) is 6.07 Å². The van der Waals surface area contributed by atoms with E-state index in [4.69, 9.17) is 0 Å². The van der Waals surface area contributed by atoms with Gasteiger partial charge in [-0.25, -0.2) is 17.6 Å². The zero-order valence-electron chi connectivity index (χ0n) is 8.30. The first-order chi connectivity index (χ1) is 6.45. The summed E-state index contributed by atoms with van der Waals surface area (Å²) in [6.07, 6.45) is 1.25. The van der Waals surface area contributed by atoms with Gasteiger partial charge in [-0.3, -0.25) is 0 Å². The highest BCUT2D eigenvalue weighted by molar-refractivity contribution is 5.19. The Balaban J connectivity index is 0.000000500. The van der Waals surface area contributed by atoms with Crippen molar-refractivity contribution in [1.82, 2.24) is 0 Å². The Bertz CT molecular complexity index is 281. The van der Waals surface area contributed by atoms with Crippen LogP contribution in [0.4, 0.5) is 17.6 Å². The molecule has 0 fully saturated rings. The third-order valence-corrected chi connectivity index (χ3v) is 1.28. The second kappa shape index (κ2) is 5.62. The zero-order chi connectivity index (χ0) is 11.3. The predicted octanol–water partition coefficient (Wildman–Crippen LogP) is 3.97. The van der Waals surface area contributed by atoms with Crippen LogP contribution in [0, 0.1) is 30.2 Å². The van der Waals surface area contributed by atoms with Gasteiger partial charge in [-0.15, -0.1) is 0 Å². The van der Waals surface area contributed by atoms with Gasteiger partial charge < -0.3 is 0 Å². The molecule has 0 spiro atoms. The largest absolute Gasteiger partial charge is 0.204 e. The van der Waals surface area contributed by atoms with Gasteiger partial charge in [-0.05, 0) is 18.6 Å². The molecular weight excluding hydrogens is 196 g/mol. The maximum absolute atomic E-state index is 12.4. The SMILES string of the molecule is CCC.Cc1cc(F)c(F)c(F)c1F. The highest BCUT2D eigenvalue weighted by Gasteiger charge is 2.15. The van der Waals surface area contributed by atoms with Crippen LogP contribution < -0.4 is 0 Å². The van der Waals surface area contributed by atoms with Gasteiger partial charge in [-0.2, -0.15) is 0 Å². The van der Waals surface area contributed by atoms with Crippen molar-refractivity contribution in [2.75, 3.05) is 0 Å². The predicted molar refractivity (Wildman–Crippen MR) is 47.0 cm³/mol. The highest BCUT2D eigenvalue weighted by Crippen LogP contribution is 2.17. The molecule has 4 heteroatoms. The van der Waals surface area contributed by atoms with E-state index in [1.807, 2.05) is 0 Å². The molecule has 0 atom stereocenters. The molecule has 0 N–H and O–H groups in total. The third-order valence-electron chi connectivity index (χ3n) is 1.28. The minimum atomic E-state index is -1.77. The van der Waals surface area contributed by atoms with Crippen molar-refractivity contribution in [1.29, 1.82) is 0 Å². The van der Waals surface area contributed by atoms with Gasteiger partial charge >= 0.3 is 0 Å². The molecule has 0 bridgehead atoms. The number of hydrogen-bond donors (Lipinski definition) is 0. The fourth-order valence-corrected chi connectivity index (χ4v) is 0.691. The van der Waals surface area contributed by atoms with Crippen LogP contribution in [0.15, 0.2) is 6.07 Å². The third kappa shape index (κ3) is 3.01. The maximum Gasteiger partial charge on any atom is 0.197 e. The van der Waals surface area contributed by atoms with Crippen molar-refractivity contribution >= 4 is 0 Å². The normalized spacial score (nSPS) is 9.36. The summed E-state index contributed by atoms with van der Waals surface area (Å²) in [6, 6.07) is 0.605. The topological polar surface area (TPSA) is 0 Å². The van der Waals surface area contributed by atoms with Crippen molar-refractivity contribution in [2.45, 2.75) is 27.2 Å². The number of rotatable bonds is 0. The minimum Gasteiger partial charge on any atom is -0.204 e. The van der Waals surface area contributed by atoms with E-state index in [1.54, 1.807) is 0 Å². The van der Waals surface area contributed by atoms with Gasteiger partial charge in [0.05, 0.1) is 0 Å². The molecule has 0 saturated carbocycles. The number of aryl methyl sites for hydroxylation is 1. The Kier molecular flexibility index (Phi) is 5.20. The first kappa shape index (κ1) is 12.9. The van der Waals surface area contributed by atoms with Gasteiger partial charge in [-0.1, -0.05) is 20.3 Å². The van der Waals surface area contributed by atoms with E-state index in [-0.39, 0.29) is 5.56 Å². The average Bonchev–Trinajstić information content (AvgIpc) is 2.13. The summed E-state index contributed by atoms with van der Waals surface area (Å²) in [5.41, 5.74) is -0.249. The lowest BCUT2D eigenvalue weighted by atomic mass is 10.2. The van der Waals surface area contributed by atoms with Gasteiger partial charge in [0, 0.05) is 0 Å². The molecule has 0 nitrogen and oxygen atoms in total. The molecular formula is C10H12F4. The van der Waals surface area contributed by atoms with E-state index in [2.05, 4.69) is 13.8 Å². The monoisotopic (exact) mass is 208 g/mol. The lowest BCUT2D eigenvalue weighted by Crippen LogP contribution is -1.97. The molecule has 0 aliphatic rings. The molecule has 0 aliphatic heterocycles. The van der Waals surface area contributed by atoms with Crippen LogP contribution in [0.2, 0.25) is 0 Å². The molecule has 0 saturated heterocycles. The fourth-order valence-electron chi connectivity index (χ4n) is 0.691. The van der Waals surface area contributed by atoms with Crippen molar-refractivity contribution in [2.24, 2.45) is 0 Å². The van der Waals surface area contributed by atoms with Crippen LogP contribution in [0.25, 0.3) is 0 Å². The number of hydrogen-bond acceptors (Lipinski definition) is 0. The Morgan fingerprint density at radius 1 is 0.929 bits per heavy atom. The summed E-state index contributed by atoms with van der Waals surface area (Å²) in [6.45, 7) is 5.40. The van der Waals surface area contributed by atoms with Crippen LogP contribution in [0.5, 0.6) is 0 Å². The summed E-state index contributed by atoms with van der Waals surface area (Å²) in [5.74, 6) is -6.25. The lowest BCUT2D eigenvalue weighted by Gasteiger charge is -1.99. The second-order valence-corrected chi connectivity index (χ2v) is 2.82. The quantitative estimate of drug-likeness (QED) is 0.344. The molecule has 80 valence electrons. The van der Waals surface area contributed by atoms with Crippen LogP contribution >= 0.6 is 0 Å². The van der Waals surface area contributed by atoms with Gasteiger partial charge in [0.2, 0.25) is 0 Å². The van der Waals surface area contributed by atoms with Crippen molar-refractivity contribution in [3.8, 4) is 0 Å². The van der Waals surface area contributed by atoms with Crippen molar-refractivity contribution in [3.05, 3.63) is 34.9 Å². The van der Waals surface area contributed by atoms with Gasteiger partial charge in [0.1, 0.15) is 0 Å². The zero-order valence-corrected chi connectivity index (χ0v) is 8.30. The van der Waals surface area contributed by atoms with Crippen LogP contribution in [0.1, 0.15) is 25.8 Å². The first-order valence-corrected chi connectivity index (χ1v) is 4.25. The summed E-state index contributed by atoms with van der Waals surface area (Å²) < 4.78 is 49.1. The molecule has 0 amide bonds. The smallest absolute Gasteiger partial charge is 0.197 e. The molecule has 0 aliphatic carbocycles.